The van der Waals surface area contributed by atoms with Gasteiger partial charge in [0, 0.05) is 0 Å². The van der Waals surface area contributed by atoms with Gasteiger partial charge in [-0.05, 0) is 36.4 Å². The highest BCUT2D eigenvalue weighted by Gasteiger charge is 2.13. The summed E-state index contributed by atoms with van der Waals surface area (Å²) in [5.41, 5.74) is 1.20. The molecule has 0 saturated carbocycles. The Morgan fingerprint density at radius 1 is 1.08 bits per heavy atom. The standard InChI is InChI=1S/C18H15N3O5/c1-23-12-6-8-13(9-7-12)24-11-17-19-16(20-26-17)10-21-14-4-2-3-5-15(14)25-18(21)22/h2-9H,10-11H2,1H3. The molecule has 0 aliphatic rings. The first-order valence-electron chi connectivity index (χ1n) is 7.89. The lowest BCUT2D eigenvalue weighted by Gasteiger charge is -2.04. The lowest BCUT2D eigenvalue weighted by molar-refractivity contribution is 0.242. The fraction of sp³-hybridized carbons (Fsp3) is 0.167. The Labute approximate surface area is 147 Å². The van der Waals surface area contributed by atoms with Gasteiger partial charge in [0.25, 0.3) is 5.89 Å². The molecule has 0 unspecified atom stereocenters. The van der Waals surface area contributed by atoms with Crippen molar-refractivity contribution in [3.63, 3.8) is 0 Å². The monoisotopic (exact) mass is 353 g/mol. The predicted molar refractivity (Wildman–Crippen MR) is 91.2 cm³/mol. The van der Waals surface area contributed by atoms with Crippen LogP contribution in [0.2, 0.25) is 0 Å². The Bertz CT molecular complexity index is 1080. The molecule has 4 rings (SSSR count). The molecule has 0 radical (unpaired) electrons. The molecule has 4 aromatic rings. The highest BCUT2D eigenvalue weighted by Crippen LogP contribution is 2.18. The van der Waals surface area contributed by atoms with Gasteiger partial charge in [0.05, 0.1) is 19.2 Å². The predicted octanol–water partition coefficient (Wildman–Crippen LogP) is 2.61. The summed E-state index contributed by atoms with van der Waals surface area (Å²) in [7, 11) is 1.60. The Morgan fingerprint density at radius 2 is 1.85 bits per heavy atom. The Kier molecular flexibility index (Phi) is 4.14. The number of benzene rings is 2. The number of hydrogen-bond acceptors (Lipinski definition) is 7. The van der Waals surface area contributed by atoms with Gasteiger partial charge < -0.3 is 18.4 Å². The fourth-order valence-electron chi connectivity index (χ4n) is 2.54. The van der Waals surface area contributed by atoms with Crippen LogP contribution in [0.5, 0.6) is 11.5 Å². The number of fused-ring (bicyclic) bond motifs is 1. The zero-order valence-corrected chi connectivity index (χ0v) is 13.9. The third-order valence-corrected chi connectivity index (χ3v) is 3.81. The molecule has 8 heteroatoms. The van der Waals surface area contributed by atoms with Crippen LogP contribution in [-0.2, 0) is 13.2 Å². The highest BCUT2D eigenvalue weighted by atomic mass is 16.5. The van der Waals surface area contributed by atoms with E-state index in [1.54, 1.807) is 49.6 Å². The third-order valence-electron chi connectivity index (χ3n) is 3.81. The second-order valence-corrected chi connectivity index (χ2v) is 5.49. The smallest absolute Gasteiger partial charge is 0.420 e. The van der Waals surface area contributed by atoms with Crippen LogP contribution < -0.4 is 15.2 Å². The van der Waals surface area contributed by atoms with Crippen molar-refractivity contribution in [3.8, 4) is 11.5 Å². The first kappa shape index (κ1) is 15.9. The maximum absolute atomic E-state index is 12.0. The molecule has 2 aromatic carbocycles. The van der Waals surface area contributed by atoms with E-state index in [4.69, 9.17) is 18.4 Å². The molecule has 0 aliphatic heterocycles. The van der Waals surface area contributed by atoms with Crippen LogP contribution >= 0.6 is 0 Å². The van der Waals surface area contributed by atoms with Gasteiger partial charge in [0.2, 0.25) is 0 Å². The molecule has 26 heavy (non-hydrogen) atoms. The van der Waals surface area contributed by atoms with Crippen molar-refractivity contribution < 1.29 is 18.4 Å². The SMILES string of the molecule is COc1ccc(OCc2nc(Cn3c(=O)oc4ccccc43)no2)cc1. The minimum Gasteiger partial charge on any atom is -0.497 e. The minimum atomic E-state index is -0.466. The van der Waals surface area contributed by atoms with Crippen molar-refractivity contribution in [3.05, 3.63) is 70.8 Å². The van der Waals surface area contributed by atoms with E-state index in [-0.39, 0.29) is 13.2 Å². The molecule has 0 bridgehead atoms. The molecule has 2 aromatic heterocycles. The number of methoxy groups -OCH3 is 1. The molecule has 132 valence electrons. The van der Waals surface area contributed by atoms with E-state index in [9.17, 15) is 4.79 Å². The summed E-state index contributed by atoms with van der Waals surface area (Å²) in [4.78, 5) is 16.2. The van der Waals surface area contributed by atoms with Gasteiger partial charge in [0.15, 0.2) is 18.0 Å². The van der Waals surface area contributed by atoms with Crippen LogP contribution in [0.15, 0.2) is 62.3 Å². The van der Waals surface area contributed by atoms with E-state index >= 15 is 0 Å². The third kappa shape index (κ3) is 3.16. The Balaban J connectivity index is 1.45. The molecule has 0 N–H and O–H groups in total. The number of rotatable bonds is 6. The van der Waals surface area contributed by atoms with Crippen LogP contribution in [0.3, 0.4) is 0 Å². The summed E-state index contributed by atoms with van der Waals surface area (Å²) in [5.74, 6) is 1.62. The molecule has 0 fully saturated rings. The zero-order chi connectivity index (χ0) is 17.9. The van der Waals surface area contributed by atoms with Gasteiger partial charge in [0.1, 0.15) is 11.5 Å². The van der Waals surface area contributed by atoms with Gasteiger partial charge in [-0.3, -0.25) is 4.57 Å². The Morgan fingerprint density at radius 3 is 2.65 bits per heavy atom. The van der Waals surface area contributed by atoms with Gasteiger partial charge in [-0.1, -0.05) is 17.3 Å². The number of nitrogens with zero attached hydrogens (tertiary/aromatic N) is 3. The number of oxazole rings is 1. The van der Waals surface area contributed by atoms with Crippen LogP contribution in [0.25, 0.3) is 11.1 Å². The van der Waals surface area contributed by atoms with Crippen molar-refractivity contribution >= 4 is 11.1 Å². The van der Waals surface area contributed by atoms with Gasteiger partial charge >= 0.3 is 5.76 Å². The molecule has 0 aliphatic carbocycles. The lowest BCUT2D eigenvalue weighted by Crippen LogP contribution is -2.15. The van der Waals surface area contributed by atoms with E-state index in [2.05, 4.69) is 10.1 Å². The summed E-state index contributed by atoms with van der Waals surface area (Å²) < 4.78 is 22.5. The van der Waals surface area contributed by atoms with Crippen molar-refractivity contribution in [2.75, 3.05) is 7.11 Å². The first-order chi connectivity index (χ1) is 12.7. The largest absolute Gasteiger partial charge is 0.497 e. The quantitative estimate of drug-likeness (QED) is 0.526. The first-order valence-corrected chi connectivity index (χ1v) is 7.89. The second-order valence-electron chi connectivity index (χ2n) is 5.49. The molecular formula is C18H15N3O5. The van der Waals surface area contributed by atoms with Gasteiger partial charge in [-0.2, -0.15) is 4.98 Å². The maximum atomic E-state index is 12.0. The average Bonchev–Trinajstić information content (AvgIpc) is 3.25. The van der Waals surface area contributed by atoms with Gasteiger partial charge in [-0.25, -0.2) is 4.79 Å². The van der Waals surface area contributed by atoms with Gasteiger partial charge in [-0.15, -0.1) is 0 Å². The molecule has 0 saturated heterocycles. The summed E-state index contributed by atoms with van der Waals surface area (Å²) in [6.07, 6.45) is 0. The van der Waals surface area contributed by atoms with Crippen molar-refractivity contribution in [2.24, 2.45) is 0 Å². The van der Waals surface area contributed by atoms with Crippen LogP contribution in [-0.4, -0.2) is 21.8 Å². The fourth-order valence-corrected chi connectivity index (χ4v) is 2.54. The number of para-hydroxylation sites is 2. The molecular weight excluding hydrogens is 338 g/mol. The molecule has 2 heterocycles. The molecule has 0 spiro atoms. The number of hydrogen-bond donors (Lipinski definition) is 0. The van der Waals surface area contributed by atoms with E-state index in [0.29, 0.717) is 28.6 Å². The second kappa shape index (κ2) is 6.75. The number of aromatic nitrogens is 3. The van der Waals surface area contributed by atoms with E-state index in [0.717, 1.165) is 5.75 Å². The summed E-state index contributed by atoms with van der Waals surface area (Å²) in [5, 5.41) is 3.89. The lowest BCUT2D eigenvalue weighted by atomic mass is 10.3. The number of ether oxygens (including phenoxy) is 2. The average molecular weight is 353 g/mol. The van der Waals surface area contributed by atoms with E-state index < -0.39 is 5.76 Å². The summed E-state index contributed by atoms with van der Waals surface area (Å²) in [6, 6.07) is 14.3. The Hall–Kier alpha value is -3.55. The molecule has 8 nitrogen and oxygen atoms in total. The van der Waals surface area contributed by atoms with E-state index in [1.165, 1.54) is 4.57 Å². The minimum absolute atomic E-state index is 0.125. The van der Waals surface area contributed by atoms with Crippen molar-refractivity contribution in [2.45, 2.75) is 13.2 Å². The normalized spacial score (nSPS) is 11.0. The van der Waals surface area contributed by atoms with Crippen molar-refractivity contribution in [1.82, 2.24) is 14.7 Å². The van der Waals surface area contributed by atoms with Crippen LogP contribution in [0, 0.1) is 0 Å². The summed E-state index contributed by atoms with van der Waals surface area (Å²) >= 11 is 0. The highest BCUT2D eigenvalue weighted by molar-refractivity contribution is 5.72. The topological polar surface area (TPSA) is 92.5 Å². The van der Waals surface area contributed by atoms with E-state index in [1.807, 2.05) is 6.07 Å². The molecule has 0 amide bonds. The zero-order valence-electron chi connectivity index (χ0n) is 13.9. The molecule has 0 atom stereocenters. The van der Waals surface area contributed by atoms with Crippen molar-refractivity contribution in [1.29, 1.82) is 0 Å². The van der Waals surface area contributed by atoms with Crippen LogP contribution in [0.4, 0.5) is 0 Å². The van der Waals surface area contributed by atoms with Crippen LogP contribution in [0.1, 0.15) is 11.7 Å². The summed E-state index contributed by atoms with van der Waals surface area (Å²) in [6.45, 7) is 0.280. The maximum Gasteiger partial charge on any atom is 0.420 e.